The van der Waals surface area contributed by atoms with Gasteiger partial charge in [0.15, 0.2) is 0 Å². The van der Waals surface area contributed by atoms with Crippen molar-refractivity contribution in [3.05, 3.63) is 63.2 Å². The van der Waals surface area contributed by atoms with Crippen LogP contribution in [-0.2, 0) is 22.8 Å². The molecule has 1 atom stereocenters. The molecule has 0 N–H and O–H groups in total. The van der Waals surface area contributed by atoms with Crippen LogP contribution in [0, 0.1) is 13.8 Å². The zero-order valence-electron chi connectivity index (χ0n) is 20.2. The Hall–Kier alpha value is -1.80. The first-order chi connectivity index (χ1) is 14.0. The van der Waals surface area contributed by atoms with Gasteiger partial charge in [0, 0.05) is 24.2 Å². The van der Waals surface area contributed by atoms with Crippen LogP contribution in [0.4, 0.5) is 5.69 Å². The summed E-state index contributed by atoms with van der Waals surface area (Å²) in [4.78, 5) is 4.99. The third-order valence-electron chi connectivity index (χ3n) is 8.40. The van der Waals surface area contributed by atoms with Gasteiger partial charge >= 0.3 is 0 Å². The van der Waals surface area contributed by atoms with Crippen molar-refractivity contribution in [1.29, 1.82) is 0 Å². The van der Waals surface area contributed by atoms with Crippen molar-refractivity contribution in [3.8, 4) is 0 Å². The number of nitrogens with zero attached hydrogens (tertiary/aromatic N) is 2. The Bertz CT molecular complexity index is 1050. The molecular formula is C28H38N2. The van der Waals surface area contributed by atoms with Gasteiger partial charge in [-0.15, -0.1) is 0 Å². The average Bonchev–Trinajstić information content (AvgIpc) is 3.00. The molecule has 2 heteroatoms. The molecular weight excluding hydrogens is 364 g/mol. The number of anilines is 1. The molecule has 2 aromatic rings. The van der Waals surface area contributed by atoms with Crippen molar-refractivity contribution in [2.24, 2.45) is 0 Å². The quantitative estimate of drug-likeness (QED) is 0.562. The molecule has 3 aliphatic rings. The van der Waals surface area contributed by atoms with Gasteiger partial charge in [0.05, 0.1) is 6.67 Å². The molecule has 0 fully saturated rings. The number of benzene rings is 2. The molecule has 0 saturated heterocycles. The average molecular weight is 403 g/mol. The van der Waals surface area contributed by atoms with E-state index in [1.807, 2.05) is 0 Å². The van der Waals surface area contributed by atoms with E-state index in [1.165, 1.54) is 35.2 Å². The van der Waals surface area contributed by atoms with Gasteiger partial charge in [-0.05, 0) is 96.5 Å². The van der Waals surface area contributed by atoms with E-state index in [9.17, 15) is 0 Å². The van der Waals surface area contributed by atoms with Crippen LogP contribution in [0.25, 0.3) is 0 Å². The van der Waals surface area contributed by atoms with Crippen LogP contribution < -0.4 is 4.90 Å². The lowest BCUT2D eigenvalue weighted by atomic mass is 9.72. The summed E-state index contributed by atoms with van der Waals surface area (Å²) in [6.07, 6.45) is 2.44. The summed E-state index contributed by atoms with van der Waals surface area (Å²) in [6.45, 7) is 19.9. The van der Waals surface area contributed by atoms with Crippen LogP contribution in [0.1, 0.15) is 86.4 Å². The van der Waals surface area contributed by atoms with Gasteiger partial charge in [0.1, 0.15) is 0 Å². The highest BCUT2D eigenvalue weighted by Gasteiger charge is 2.56. The lowest BCUT2D eigenvalue weighted by Crippen LogP contribution is -2.40. The fourth-order valence-corrected chi connectivity index (χ4v) is 7.05. The smallest absolute Gasteiger partial charge is 0.0707 e. The fourth-order valence-electron chi connectivity index (χ4n) is 7.05. The SMILES string of the molecule is CCN1CN(C)Cc2cc3c(cc21)C(C)(C)CC31CC(C)(C)c2cc(C)c(C)cc21. The minimum atomic E-state index is 0.151. The highest BCUT2D eigenvalue weighted by atomic mass is 15.3. The normalized spacial score (nSPS) is 26.1. The van der Waals surface area contributed by atoms with Crippen molar-refractivity contribution in [1.82, 2.24) is 4.90 Å². The van der Waals surface area contributed by atoms with E-state index in [0.29, 0.717) is 0 Å². The van der Waals surface area contributed by atoms with E-state index in [2.05, 4.69) is 89.6 Å². The summed E-state index contributed by atoms with van der Waals surface area (Å²) >= 11 is 0. The van der Waals surface area contributed by atoms with Crippen LogP contribution in [0.2, 0.25) is 0 Å². The maximum atomic E-state index is 2.61. The van der Waals surface area contributed by atoms with Gasteiger partial charge in [-0.2, -0.15) is 0 Å². The lowest BCUT2D eigenvalue weighted by molar-refractivity contribution is 0.310. The van der Waals surface area contributed by atoms with Gasteiger partial charge in [-0.3, -0.25) is 4.90 Å². The molecule has 2 nitrogen and oxygen atoms in total. The summed E-state index contributed by atoms with van der Waals surface area (Å²) in [5.74, 6) is 0. The Balaban J connectivity index is 1.78. The predicted octanol–water partition coefficient (Wildman–Crippen LogP) is 6.18. The number of aryl methyl sites for hydroxylation is 2. The highest BCUT2D eigenvalue weighted by Crippen LogP contribution is 2.63. The maximum absolute atomic E-state index is 2.61. The molecule has 0 saturated carbocycles. The zero-order chi connectivity index (χ0) is 21.6. The van der Waals surface area contributed by atoms with E-state index in [1.54, 1.807) is 22.3 Å². The van der Waals surface area contributed by atoms with E-state index >= 15 is 0 Å². The first-order valence-electron chi connectivity index (χ1n) is 11.7. The summed E-state index contributed by atoms with van der Waals surface area (Å²) in [5, 5.41) is 0. The van der Waals surface area contributed by atoms with Gasteiger partial charge in [0.2, 0.25) is 0 Å². The molecule has 0 radical (unpaired) electrons. The molecule has 30 heavy (non-hydrogen) atoms. The lowest BCUT2D eigenvalue weighted by Gasteiger charge is -2.37. The van der Waals surface area contributed by atoms with Crippen molar-refractivity contribution in [2.75, 3.05) is 25.2 Å². The minimum Gasteiger partial charge on any atom is -0.359 e. The molecule has 2 aromatic carbocycles. The molecule has 1 heterocycles. The molecule has 1 aliphatic heterocycles. The van der Waals surface area contributed by atoms with Gasteiger partial charge in [0.25, 0.3) is 0 Å². The third kappa shape index (κ3) is 2.59. The molecule has 0 amide bonds. The molecule has 1 spiro atoms. The number of hydrogen-bond acceptors (Lipinski definition) is 2. The summed E-state index contributed by atoms with van der Waals surface area (Å²) in [6, 6.07) is 10.2. The monoisotopic (exact) mass is 402 g/mol. The van der Waals surface area contributed by atoms with Crippen LogP contribution in [0.3, 0.4) is 0 Å². The first-order valence-corrected chi connectivity index (χ1v) is 11.7. The molecule has 1 unspecified atom stereocenters. The summed E-state index contributed by atoms with van der Waals surface area (Å²) < 4.78 is 0. The van der Waals surface area contributed by atoms with Crippen LogP contribution in [0.15, 0.2) is 24.3 Å². The van der Waals surface area contributed by atoms with Crippen LogP contribution in [0.5, 0.6) is 0 Å². The third-order valence-corrected chi connectivity index (χ3v) is 8.40. The molecule has 160 valence electrons. The Morgan fingerprint density at radius 2 is 1.33 bits per heavy atom. The second-order valence-electron chi connectivity index (χ2n) is 11.7. The standard InChI is InChI=1S/C28H38N2/c1-9-30-17-29(8)14-20-12-24-22(13-25(20)30)27(6,7)16-28(24)15-26(4,5)21-10-18(2)19(3)11-23(21)28/h10-13H,9,14-17H2,1-8H3. The Morgan fingerprint density at radius 1 is 0.800 bits per heavy atom. The molecule has 0 bridgehead atoms. The fraction of sp³-hybridized carbons (Fsp3) is 0.571. The molecule has 2 aliphatic carbocycles. The van der Waals surface area contributed by atoms with Crippen molar-refractivity contribution < 1.29 is 0 Å². The predicted molar refractivity (Wildman–Crippen MR) is 128 cm³/mol. The number of rotatable bonds is 1. The minimum absolute atomic E-state index is 0.151. The zero-order valence-corrected chi connectivity index (χ0v) is 20.2. The number of fused-ring (bicyclic) bond motifs is 5. The molecule has 0 aromatic heterocycles. The van der Waals surface area contributed by atoms with E-state index in [4.69, 9.17) is 0 Å². The van der Waals surface area contributed by atoms with E-state index in [0.717, 1.165) is 19.8 Å². The Kier molecular flexibility index (Phi) is 4.11. The second-order valence-corrected chi connectivity index (χ2v) is 11.7. The Morgan fingerprint density at radius 3 is 1.93 bits per heavy atom. The van der Waals surface area contributed by atoms with Crippen molar-refractivity contribution in [2.45, 2.75) is 84.1 Å². The largest absolute Gasteiger partial charge is 0.359 e. The summed E-state index contributed by atoms with van der Waals surface area (Å²) in [7, 11) is 2.25. The highest BCUT2D eigenvalue weighted by molar-refractivity contribution is 5.67. The van der Waals surface area contributed by atoms with Crippen molar-refractivity contribution >= 4 is 5.69 Å². The van der Waals surface area contributed by atoms with Crippen LogP contribution in [-0.4, -0.2) is 25.2 Å². The summed E-state index contributed by atoms with van der Waals surface area (Å²) in [5.41, 5.74) is 12.8. The second kappa shape index (κ2) is 6.13. The van der Waals surface area contributed by atoms with Gasteiger partial charge < -0.3 is 4.90 Å². The van der Waals surface area contributed by atoms with E-state index < -0.39 is 0 Å². The van der Waals surface area contributed by atoms with Gasteiger partial charge in [-0.1, -0.05) is 45.9 Å². The maximum Gasteiger partial charge on any atom is 0.0707 e. The van der Waals surface area contributed by atoms with Crippen molar-refractivity contribution in [3.63, 3.8) is 0 Å². The molecule has 5 rings (SSSR count). The topological polar surface area (TPSA) is 6.48 Å². The van der Waals surface area contributed by atoms with Gasteiger partial charge in [-0.25, -0.2) is 0 Å². The number of hydrogen-bond donors (Lipinski definition) is 0. The van der Waals surface area contributed by atoms with E-state index in [-0.39, 0.29) is 16.2 Å². The van der Waals surface area contributed by atoms with Crippen LogP contribution >= 0.6 is 0 Å². The Labute approximate surface area is 183 Å². The first kappa shape index (κ1) is 20.1.